The predicted octanol–water partition coefficient (Wildman–Crippen LogP) is 3.31. The van der Waals surface area contributed by atoms with Gasteiger partial charge in [-0.1, -0.05) is 52.9 Å². The number of unbranched alkanes of at least 4 members (excludes halogenated alkanes) is 5. The first-order chi connectivity index (χ1) is 9.52. The van der Waals surface area contributed by atoms with E-state index < -0.39 is 0 Å². The van der Waals surface area contributed by atoms with E-state index in [0.717, 1.165) is 26.1 Å². The molecular weight excluding hydrogens is 250 g/mol. The predicted molar refractivity (Wildman–Crippen MR) is 88.1 cm³/mol. The molecule has 0 spiro atoms. The zero-order valence-electron chi connectivity index (χ0n) is 14.0. The summed E-state index contributed by atoms with van der Waals surface area (Å²) in [5.74, 6) is 0.573. The molecule has 0 aromatic rings. The molecule has 0 unspecified atom stereocenters. The number of nitrogens with one attached hydrogen (secondary N) is 1. The molecule has 4 nitrogen and oxygen atoms in total. The molecule has 20 heavy (non-hydrogen) atoms. The summed E-state index contributed by atoms with van der Waals surface area (Å²) in [6.45, 7) is 9.07. The Balaban J connectivity index is 3.64. The van der Waals surface area contributed by atoms with Crippen molar-refractivity contribution in [2.45, 2.75) is 65.7 Å². The number of nitrogens with two attached hydrogens (primary N) is 1. The fourth-order valence-corrected chi connectivity index (χ4v) is 1.93. The van der Waals surface area contributed by atoms with Crippen molar-refractivity contribution in [1.29, 1.82) is 0 Å². The van der Waals surface area contributed by atoms with E-state index in [1.54, 1.807) is 7.11 Å². The minimum Gasteiger partial charge on any atom is -0.385 e. The van der Waals surface area contributed by atoms with Gasteiger partial charge in [-0.05, 0) is 18.3 Å². The third-order valence-corrected chi connectivity index (χ3v) is 3.50. The monoisotopic (exact) mass is 285 g/mol. The first kappa shape index (κ1) is 19.2. The Kier molecular flexibility index (Phi) is 11.5. The van der Waals surface area contributed by atoms with Crippen LogP contribution in [0.2, 0.25) is 0 Å². The van der Waals surface area contributed by atoms with Gasteiger partial charge < -0.3 is 15.8 Å². The second-order valence-electron chi connectivity index (χ2n) is 6.30. The average molecular weight is 285 g/mol. The lowest BCUT2D eigenvalue weighted by Crippen LogP contribution is -2.33. The fraction of sp³-hybridized carbons (Fsp3) is 0.938. The van der Waals surface area contributed by atoms with E-state index in [0.29, 0.717) is 5.96 Å². The number of hydrogen-bond donors (Lipinski definition) is 2. The highest BCUT2D eigenvalue weighted by atomic mass is 16.5. The summed E-state index contributed by atoms with van der Waals surface area (Å²) < 4.78 is 5.11. The quantitative estimate of drug-likeness (QED) is 0.328. The number of guanidine groups is 1. The first-order valence-electron chi connectivity index (χ1n) is 8.04. The Morgan fingerprint density at radius 3 is 2.45 bits per heavy atom. The molecule has 0 bridgehead atoms. The molecule has 0 amide bonds. The van der Waals surface area contributed by atoms with Crippen LogP contribution < -0.4 is 11.1 Å². The summed E-state index contributed by atoms with van der Waals surface area (Å²) >= 11 is 0. The number of methoxy groups -OCH3 is 1. The fourth-order valence-electron chi connectivity index (χ4n) is 1.93. The molecule has 0 aliphatic carbocycles. The lowest BCUT2D eigenvalue weighted by atomic mass is 9.90. The van der Waals surface area contributed by atoms with Crippen LogP contribution >= 0.6 is 0 Å². The van der Waals surface area contributed by atoms with Crippen molar-refractivity contribution in [2.75, 3.05) is 26.8 Å². The molecular formula is C16H35N3O. The summed E-state index contributed by atoms with van der Waals surface area (Å²) in [6.07, 6.45) is 8.79. The topological polar surface area (TPSA) is 59.6 Å². The third kappa shape index (κ3) is 12.3. The average Bonchev–Trinajstić information content (AvgIpc) is 2.42. The smallest absolute Gasteiger partial charge is 0.188 e. The van der Waals surface area contributed by atoms with Gasteiger partial charge in [-0.2, -0.15) is 0 Å². The largest absolute Gasteiger partial charge is 0.385 e. The van der Waals surface area contributed by atoms with Gasteiger partial charge in [0.25, 0.3) is 0 Å². The summed E-state index contributed by atoms with van der Waals surface area (Å²) in [6, 6.07) is 0. The summed E-state index contributed by atoms with van der Waals surface area (Å²) in [7, 11) is 1.73. The van der Waals surface area contributed by atoms with E-state index in [4.69, 9.17) is 10.5 Å². The molecule has 0 aromatic carbocycles. The van der Waals surface area contributed by atoms with Crippen molar-refractivity contribution in [3.63, 3.8) is 0 Å². The Hall–Kier alpha value is -0.770. The molecule has 0 aliphatic heterocycles. The van der Waals surface area contributed by atoms with Gasteiger partial charge in [0.05, 0.1) is 0 Å². The first-order valence-corrected chi connectivity index (χ1v) is 8.04. The van der Waals surface area contributed by atoms with Gasteiger partial charge in [0.2, 0.25) is 0 Å². The third-order valence-electron chi connectivity index (χ3n) is 3.50. The minimum absolute atomic E-state index is 0.141. The van der Waals surface area contributed by atoms with Crippen LogP contribution in [0.15, 0.2) is 4.99 Å². The molecule has 0 atom stereocenters. The summed E-state index contributed by atoms with van der Waals surface area (Å²) in [5.41, 5.74) is 6.02. The highest BCUT2D eigenvalue weighted by Gasteiger charge is 2.16. The van der Waals surface area contributed by atoms with Gasteiger partial charge >= 0.3 is 0 Å². The second kappa shape index (κ2) is 12.0. The van der Waals surface area contributed by atoms with Crippen molar-refractivity contribution in [1.82, 2.24) is 5.32 Å². The maximum absolute atomic E-state index is 5.88. The van der Waals surface area contributed by atoms with Gasteiger partial charge in [0, 0.05) is 26.8 Å². The maximum atomic E-state index is 5.88. The number of rotatable bonds is 12. The van der Waals surface area contributed by atoms with Crippen molar-refractivity contribution in [3.05, 3.63) is 0 Å². The molecule has 0 aromatic heterocycles. The van der Waals surface area contributed by atoms with Crippen LogP contribution in [0.1, 0.15) is 65.7 Å². The van der Waals surface area contributed by atoms with Crippen molar-refractivity contribution < 1.29 is 4.74 Å². The Bertz CT molecular complexity index is 252. The molecule has 0 saturated carbocycles. The van der Waals surface area contributed by atoms with Gasteiger partial charge in [0.1, 0.15) is 0 Å². The van der Waals surface area contributed by atoms with Crippen LogP contribution in [-0.4, -0.2) is 32.8 Å². The van der Waals surface area contributed by atoms with Gasteiger partial charge in [-0.25, -0.2) is 0 Å². The summed E-state index contributed by atoms with van der Waals surface area (Å²) in [4.78, 5) is 4.42. The van der Waals surface area contributed by atoms with E-state index in [1.165, 1.54) is 38.5 Å². The van der Waals surface area contributed by atoms with E-state index in [2.05, 4.69) is 31.1 Å². The van der Waals surface area contributed by atoms with E-state index in [-0.39, 0.29) is 5.41 Å². The standard InChI is InChI=1S/C16H35N3O/c1-5-6-7-8-9-10-12-18-15(17)19-14-16(2,3)11-13-20-4/h5-14H2,1-4H3,(H3,17,18,19). The summed E-state index contributed by atoms with van der Waals surface area (Å²) in [5, 5.41) is 3.20. The van der Waals surface area contributed by atoms with E-state index in [1.807, 2.05) is 0 Å². The Labute approximate surface area is 125 Å². The van der Waals surface area contributed by atoms with Gasteiger partial charge in [-0.3, -0.25) is 4.99 Å². The molecule has 4 heteroatoms. The number of aliphatic imine (C=N–C) groups is 1. The molecule has 0 radical (unpaired) electrons. The van der Waals surface area contributed by atoms with Crippen LogP contribution in [0.4, 0.5) is 0 Å². The molecule has 120 valence electrons. The molecule has 0 rings (SSSR count). The van der Waals surface area contributed by atoms with E-state index in [9.17, 15) is 0 Å². The lowest BCUT2D eigenvalue weighted by Gasteiger charge is -2.21. The van der Waals surface area contributed by atoms with Crippen LogP contribution in [0.25, 0.3) is 0 Å². The maximum Gasteiger partial charge on any atom is 0.188 e. The lowest BCUT2D eigenvalue weighted by molar-refractivity contribution is 0.155. The molecule has 0 heterocycles. The SMILES string of the molecule is CCCCCCCCNC(N)=NCC(C)(C)CCOC. The number of hydrogen-bond acceptors (Lipinski definition) is 2. The highest BCUT2D eigenvalue weighted by molar-refractivity contribution is 5.77. The molecule has 0 fully saturated rings. The Morgan fingerprint density at radius 2 is 1.80 bits per heavy atom. The van der Waals surface area contributed by atoms with Crippen LogP contribution in [0.5, 0.6) is 0 Å². The van der Waals surface area contributed by atoms with Crippen LogP contribution in [0, 0.1) is 5.41 Å². The van der Waals surface area contributed by atoms with Crippen molar-refractivity contribution in [3.8, 4) is 0 Å². The zero-order valence-corrected chi connectivity index (χ0v) is 14.0. The van der Waals surface area contributed by atoms with Crippen LogP contribution in [-0.2, 0) is 4.74 Å². The zero-order chi connectivity index (χ0) is 15.3. The normalized spacial score (nSPS) is 12.7. The molecule has 0 aliphatic rings. The highest BCUT2D eigenvalue weighted by Crippen LogP contribution is 2.20. The van der Waals surface area contributed by atoms with Crippen molar-refractivity contribution in [2.24, 2.45) is 16.1 Å². The minimum atomic E-state index is 0.141. The van der Waals surface area contributed by atoms with Gasteiger partial charge in [0.15, 0.2) is 5.96 Å². The second-order valence-corrected chi connectivity index (χ2v) is 6.30. The Morgan fingerprint density at radius 1 is 1.15 bits per heavy atom. The van der Waals surface area contributed by atoms with Crippen LogP contribution in [0.3, 0.4) is 0 Å². The van der Waals surface area contributed by atoms with E-state index >= 15 is 0 Å². The molecule has 3 N–H and O–H groups in total. The molecule has 0 saturated heterocycles. The number of ether oxygens (including phenoxy) is 1. The van der Waals surface area contributed by atoms with Gasteiger partial charge in [-0.15, -0.1) is 0 Å². The van der Waals surface area contributed by atoms with Crippen molar-refractivity contribution >= 4 is 5.96 Å². The number of nitrogens with zero attached hydrogens (tertiary/aromatic N) is 1.